The van der Waals surface area contributed by atoms with Gasteiger partial charge in [0.05, 0.1) is 0 Å². The SMILES string of the molecule is CNn1c(=O)c(Oc2ccccc2F)cc2cnc(NCCNC(C)=O)nc21. The third-order valence-corrected chi connectivity index (χ3v) is 3.77. The van der Waals surface area contributed by atoms with E-state index in [1.807, 2.05) is 0 Å². The molecular formula is C18H19FN6O3. The maximum atomic E-state index is 13.8. The van der Waals surface area contributed by atoms with E-state index in [4.69, 9.17) is 4.74 Å². The molecule has 0 radical (unpaired) electrons. The predicted molar refractivity (Wildman–Crippen MR) is 103 cm³/mol. The van der Waals surface area contributed by atoms with E-state index >= 15 is 0 Å². The molecule has 10 heteroatoms. The highest BCUT2D eigenvalue weighted by atomic mass is 19.1. The Labute approximate surface area is 159 Å². The molecule has 0 unspecified atom stereocenters. The van der Waals surface area contributed by atoms with Crippen molar-refractivity contribution in [3.05, 3.63) is 52.7 Å². The summed E-state index contributed by atoms with van der Waals surface area (Å²) < 4.78 is 20.5. The molecule has 0 saturated carbocycles. The van der Waals surface area contributed by atoms with Crippen LogP contribution in [0.15, 0.2) is 41.3 Å². The van der Waals surface area contributed by atoms with Crippen LogP contribution in [0.1, 0.15) is 6.92 Å². The highest BCUT2D eigenvalue weighted by Crippen LogP contribution is 2.23. The summed E-state index contributed by atoms with van der Waals surface area (Å²) in [5, 5.41) is 6.13. The molecule has 0 fully saturated rings. The van der Waals surface area contributed by atoms with Gasteiger partial charge in [0, 0.05) is 38.6 Å². The standard InChI is InChI=1S/C18H19FN6O3/c1-11(26)21-7-8-22-18-23-10-12-9-15(17(27)25(20-2)16(12)24-18)28-14-6-4-3-5-13(14)19/h3-6,9-10,20H,7-8H2,1-2H3,(H,21,26)(H,22,23,24). The molecule has 3 N–H and O–H groups in total. The molecule has 3 rings (SSSR count). The molecule has 0 saturated heterocycles. The fourth-order valence-corrected chi connectivity index (χ4v) is 2.50. The Balaban J connectivity index is 1.91. The van der Waals surface area contributed by atoms with E-state index in [0.717, 1.165) is 0 Å². The first-order valence-corrected chi connectivity index (χ1v) is 8.51. The van der Waals surface area contributed by atoms with Gasteiger partial charge < -0.3 is 20.8 Å². The van der Waals surface area contributed by atoms with Crippen molar-refractivity contribution in [2.24, 2.45) is 0 Å². The van der Waals surface area contributed by atoms with Crippen LogP contribution < -0.4 is 26.4 Å². The van der Waals surface area contributed by atoms with Gasteiger partial charge in [-0.3, -0.25) is 9.59 Å². The molecule has 0 aliphatic carbocycles. The maximum Gasteiger partial charge on any atom is 0.313 e. The zero-order valence-corrected chi connectivity index (χ0v) is 15.3. The Bertz CT molecular complexity index is 1070. The minimum Gasteiger partial charge on any atom is -0.448 e. The second-order valence-electron chi connectivity index (χ2n) is 5.79. The fourth-order valence-electron chi connectivity index (χ4n) is 2.50. The van der Waals surface area contributed by atoms with E-state index in [9.17, 15) is 14.0 Å². The number of hydrogen-bond donors (Lipinski definition) is 3. The molecule has 0 aliphatic heterocycles. The average Bonchev–Trinajstić information content (AvgIpc) is 2.67. The number of carbonyl (C=O) groups is 1. The van der Waals surface area contributed by atoms with Crippen molar-refractivity contribution in [3.8, 4) is 11.5 Å². The smallest absolute Gasteiger partial charge is 0.313 e. The lowest BCUT2D eigenvalue weighted by Crippen LogP contribution is -2.29. The van der Waals surface area contributed by atoms with Crippen molar-refractivity contribution >= 4 is 22.9 Å². The first-order chi connectivity index (χ1) is 13.5. The molecule has 0 aliphatic rings. The monoisotopic (exact) mass is 386 g/mol. The van der Waals surface area contributed by atoms with Crippen LogP contribution in [0.2, 0.25) is 0 Å². The molecule has 9 nitrogen and oxygen atoms in total. The number of nitrogens with zero attached hydrogens (tertiary/aromatic N) is 3. The summed E-state index contributed by atoms with van der Waals surface area (Å²) in [6, 6.07) is 7.27. The molecule has 28 heavy (non-hydrogen) atoms. The number of carbonyl (C=O) groups excluding carboxylic acids is 1. The van der Waals surface area contributed by atoms with Crippen LogP contribution in [0.3, 0.4) is 0 Å². The molecule has 2 heterocycles. The van der Waals surface area contributed by atoms with Crippen molar-refractivity contribution < 1.29 is 13.9 Å². The van der Waals surface area contributed by atoms with Gasteiger partial charge in [0.2, 0.25) is 11.9 Å². The number of pyridine rings is 1. The van der Waals surface area contributed by atoms with E-state index in [2.05, 4.69) is 26.0 Å². The number of ether oxygens (including phenoxy) is 1. The van der Waals surface area contributed by atoms with E-state index in [-0.39, 0.29) is 17.4 Å². The minimum absolute atomic E-state index is 0.0567. The van der Waals surface area contributed by atoms with E-state index in [0.29, 0.717) is 30.1 Å². The highest BCUT2D eigenvalue weighted by molar-refractivity contribution is 5.77. The van der Waals surface area contributed by atoms with Gasteiger partial charge in [-0.15, -0.1) is 0 Å². The zero-order chi connectivity index (χ0) is 20.1. The van der Waals surface area contributed by atoms with Gasteiger partial charge >= 0.3 is 5.56 Å². The van der Waals surface area contributed by atoms with Gasteiger partial charge in [0.15, 0.2) is 23.0 Å². The molecule has 3 aromatic rings. The van der Waals surface area contributed by atoms with Gasteiger partial charge in [-0.05, 0) is 18.2 Å². The van der Waals surface area contributed by atoms with Crippen molar-refractivity contribution in [2.45, 2.75) is 6.92 Å². The summed E-state index contributed by atoms with van der Waals surface area (Å²) >= 11 is 0. The van der Waals surface area contributed by atoms with E-state index in [1.165, 1.54) is 42.1 Å². The van der Waals surface area contributed by atoms with Crippen LogP contribution in [0.5, 0.6) is 11.5 Å². The third-order valence-electron chi connectivity index (χ3n) is 3.77. The summed E-state index contributed by atoms with van der Waals surface area (Å²) in [6.45, 7) is 2.26. The Morgan fingerprint density at radius 1 is 1.25 bits per heavy atom. The lowest BCUT2D eigenvalue weighted by Gasteiger charge is -2.13. The van der Waals surface area contributed by atoms with Crippen LogP contribution >= 0.6 is 0 Å². The van der Waals surface area contributed by atoms with Crippen LogP contribution in [0.25, 0.3) is 11.0 Å². The second-order valence-corrected chi connectivity index (χ2v) is 5.79. The van der Waals surface area contributed by atoms with Crippen LogP contribution in [-0.2, 0) is 4.79 Å². The number of para-hydroxylation sites is 1. The quantitative estimate of drug-likeness (QED) is 0.527. The highest BCUT2D eigenvalue weighted by Gasteiger charge is 2.14. The van der Waals surface area contributed by atoms with Crippen LogP contribution in [0.4, 0.5) is 10.3 Å². The van der Waals surface area contributed by atoms with E-state index < -0.39 is 11.4 Å². The molecule has 0 atom stereocenters. The number of halogens is 1. The van der Waals surface area contributed by atoms with Crippen molar-refractivity contribution in [2.75, 3.05) is 30.9 Å². The van der Waals surface area contributed by atoms with E-state index in [1.54, 1.807) is 13.1 Å². The van der Waals surface area contributed by atoms with Crippen LogP contribution in [-0.4, -0.2) is 40.7 Å². The normalized spacial score (nSPS) is 10.5. The van der Waals surface area contributed by atoms with Gasteiger partial charge in [-0.1, -0.05) is 12.1 Å². The molecule has 0 bridgehead atoms. The summed E-state index contributed by atoms with van der Waals surface area (Å²) in [5.74, 6) is -0.537. The topological polar surface area (TPSA) is 110 Å². The Morgan fingerprint density at radius 3 is 2.75 bits per heavy atom. The summed E-state index contributed by atoms with van der Waals surface area (Å²) in [6.07, 6.45) is 1.52. The number of benzene rings is 1. The van der Waals surface area contributed by atoms with Crippen molar-refractivity contribution in [1.29, 1.82) is 0 Å². The molecule has 146 valence electrons. The number of anilines is 1. The van der Waals surface area contributed by atoms with Gasteiger partial charge in [-0.2, -0.15) is 4.98 Å². The number of nitrogens with one attached hydrogen (secondary N) is 3. The number of aromatic nitrogens is 3. The van der Waals surface area contributed by atoms with Gasteiger partial charge in [-0.25, -0.2) is 14.1 Å². The van der Waals surface area contributed by atoms with Crippen LogP contribution in [0, 0.1) is 5.82 Å². The summed E-state index contributed by atoms with van der Waals surface area (Å²) in [4.78, 5) is 32.1. The number of amides is 1. The molecular weight excluding hydrogens is 367 g/mol. The zero-order valence-electron chi connectivity index (χ0n) is 15.3. The summed E-state index contributed by atoms with van der Waals surface area (Å²) in [5.41, 5.74) is 2.54. The fraction of sp³-hybridized carbons (Fsp3) is 0.222. The predicted octanol–water partition coefficient (Wildman–Crippen LogP) is 1.44. The van der Waals surface area contributed by atoms with Crippen molar-refractivity contribution in [3.63, 3.8) is 0 Å². The Morgan fingerprint density at radius 2 is 2.04 bits per heavy atom. The average molecular weight is 386 g/mol. The molecule has 2 aromatic heterocycles. The Kier molecular flexibility index (Phi) is 5.68. The van der Waals surface area contributed by atoms with Crippen molar-refractivity contribution in [1.82, 2.24) is 20.0 Å². The number of hydrogen-bond acceptors (Lipinski definition) is 7. The maximum absolute atomic E-state index is 13.8. The minimum atomic E-state index is -0.576. The Hall–Kier alpha value is -3.69. The second kappa shape index (κ2) is 8.33. The number of fused-ring (bicyclic) bond motifs is 1. The third kappa shape index (κ3) is 4.17. The summed E-state index contributed by atoms with van der Waals surface area (Å²) in [7, 11) is 1.56. The first-order valence-electron chi connectivity index (χ1n) is 8.51. The van der Waals surface area contributed by atoms with Gasteiger partial charge in [0.1, 0.15) is 0 Å². The molecule has 0 spiro atoms. The lowest BCUT2D eigenvalue weighted by molar-refractivity contribution is -0.118. The lowest BCUT2D eigenvalue weighted by atomic mass is 10.3. The number of rotatable bonds is 7. The largest absolute Gasteiger partial charge is 0.448 e. The molecule has 1 aromatic carbocycles. The van der Waals surface area contributed by atoms with Gasteiger partial charge in [0.25, 0.3) is 0 Å². The molecule has 1 amide bonds. The first kappa shape index (κ1) is 19.1.